The molecule has 7 heteroatoms. The van der Waals surface area contributed by atoms with Crippen LogP contribution in [0.4, 0.5) is 0 Å². The van der Waals surface area contributed by atoms with Crippen LogP contribution in [-0.2, 0) is 29.5 Å². The molecule has 0 spiro atoms. The lowest BCUT2D eigenvalue weighted by molar-refractivity contribution is -0.172. The van der Waals surface area contributed by atoms with Crippen LogP contribution in [0, 0.1) is 0 Å². The average molecular weight is 496 g/mol. The molecule has 2 aliphatic rings. The third-order valence-electron chi connectivity index (χ3n) is 6.68. The first-order valence-electron chi connectivity index (χ1n) is 12.3. The minimum Gasteiger partial charge on any atom is -0.453 e. The predicted octanol–water partition coefficient (Wildman–Crippen LogP) is 4.71. The van der Waals surface area contributed by atoms with Crippen LogP contribution in [0.1, 0.15) is 56.6 Å². The number of nitrogens with zero attached hydrogens (tertiary/aromatic N) is 1. The highest BCUT2D eigenvalue weighted by Crippen LogP contribution is 2.43. The van der Waals surface area contributed by atoms with Gasteiger partial charge in [-0.05, 0) is 36.0 Å². The minimum atomic E-state index is -1.05. The molecule has 2 unspecified atom stereocenters. The second-order valence-electron chi connectivity index (χ2n) is 9.46. The molecular formula is C28H33NO5S. The van der Waals surface area contributed by atoms with E-state index in [1.54, 1.807) is 0 Å². The molecule has 4 rings (SSSR count). The number of Topliss-reactive ketones (excluding diaryl/α,β-unsaturated/α-hetero) is 1. The molecule has 0 saturated carbocycles. The summed E-state index contributed by atoms with van der Waals surface area (Å²) >= 11 is 1.28. The standard InChI is InChI=1S/C28H33NO5S/c1-20(2)22-11-6-7-12-24(22)35-26-23(30)19-28(34-27(26)32,21-9-4-3-5-10-21)14-8-13-25(31)29-15-17-33-18-16-29/h3-7,9-12,20,26H,8,13-19H2,1-2H3. The van der Waals surface area contributed by atoms with Crippen molar-refractivity contribution < 1.29 is 23.9 Å². The number of ketones is 1. The second kappa shape index (κ2) is 11.4. The molecule has 2 saturated heterocycles. The van der Waals surface area contributed by atoms with Gasteiger partial charge in [0.1, 0.15) is 5.60 Å². The van der Waals surface area contributed by atoms with Gasteiger partial charge in [0, 0.05) is 24.4 Å². The lowest BCUT2D eigenvalue weighted by atomic mass is 9.81. The van der Waals surface area contributed by atoms with Crippen LogP contribution in [-0.4, -0.2) is 54.1 Å². The number of cyclic esters (lactones) is 1. The summed E-state index contributed by atoms with van der Waals surface area (Å²) in [6.45, 7) is 6.52. The number of carbonyl (C=O) groups excluding carboxylic acids is 3. The maximum absolute atomic E-state index is 13.4. The first-order chi connectivity index (χ1) is 16.9. The van der Waals surface area contributed by atoms with Crippen LogP contribution in [0.3, 0.4) is 0 Å². The lowest BCUT2D eigenvalue weighted by Crippen LogP contribution is -2.47. The first kappa shape index (κ1) is 25.5. The van der Waals surface area contributed by atoms with Gasteiger partial charge in [-0.1, -0.05) is 62.4 Å². The van der Waals surface area contributed by atoms with Crippen LogP contribution in [0.2, 0.25) is 0 Å². The van der Waals surface area contributed by atoms with Crippen LogP contribution in [0.25, 0.3) is 0 Å². The zero-order valence-electron chi connectivity index (χ0n) is 20.4. The summed E-state index contributed by atoms with van der Waals surface area (Å²) in [5.74, 6) is -0.286. The van der Waals surface area contributed by atoms with Gasteiger partial charge in [-0.15, -0.1) is 11.8 Å². The largest absolute Gasteiger partial charge is 0.453 e. The van der Waals surface area contributed by atoms with E-state index < -0.39 is 16.8 Å². The van der Waals surface area contributed by atoms with E-state index in [1.807, 2.05) is 59.5 Å². The van der Waals surface area contributed by atoms with Crippen molar-refractivity contribution in [3.8, 4) is 0 Å². The monoisotopic (exact) mass is 495 g/mol. The molecule has 2 aromatic carbocycles. The highest BCUT2D eigenvalue weighted by molar-refractivity contribution is 8.01. The number of benzene rings is 2. The fourth-order valence-corrected chi connectivity index (χ4v) is 5.99. The van der Waals surface area contributed by atoms with Crippen LogP contribution in [0.5, 0.6) is 0 Å². The molecule has 2 fully saturated rings. The third kappa shape index (κ3) is 5.96. The van der Waals surface area contributed by atoms with E-state index in [4.69, 9.17) is 9.47 Å². The van der Waals surface area contributed by atoms with Crippen molar-refractivity contribution in [2.24, 2.45) is 0 Å². The number of ether oxygens (including phenoxy) is 2. The fourth-order valence-electron chi connectivity index (χ4n) is 4.78. The molecule has 0 bridgehead atoms. The van der Waals surface area contributed by atoms with Crippen molar-refractivity contribution in [1.29, 1.82) is 0 Å². The van der Waals surface area contributed by atoms with Gasteiger partial charge in [0.15, 0.2) is 11.0 Å². The van der Waals surface area contributed by atoms with E-state index in [-0.39, 0.29) is 24.0 Å². The molecule has 35 heavy (non-hydrogen) atoms. The van der Waals surface area contributed by atoms with Crippen molar-refractivity contribution in [3.63, 3.8) is 0 Å². The SMILES string of the molecule is CC(C)c1ccccc1SC1C(=O)CC(CCCC(=O)N2CCOCC2)(c2ccccc2)OC1=O. The first-order valence-corrected chi connectivity index (χ1v) is 13.2. The Hall–Kier alpha value is -2.64. The van der Waals surface area contributed by atoms with E-state index >= 15 is 0 Å². The Labute approximate surface area is 211 Å². The Morgan fingerprint density at radius 2 is 1.74 bits per heavy atom. The Morgan fingerprint density at radius 3 is 2.43 bits per heavy atom. The van der Waals surface area contributed by atoms with Crippen molar-refractivity contribution in [2.75, 3.05) is 26.3 Å². The number of carbonyl (C=O) groups is 3. The third-order valence-corrected chi connectivity index (χ3v) is 8.00. The molecule has 2 aromatic rings. The molecule has 0 aliphatic carbocycles. The van der Waals surface area contributed by atoms with Crippen LogP contribution >= 0.6 is 11.8 Å². The van der Waals surface area contributed by atoms with Crippen LogP contribution in [0.15, 0.2) is 59.5 Å². The van der Waals surface area contributed by atoms with E-state index in [9.17, 15) is 14.4 Å². The zero-order chi connectivity index (χ0) is 24.8. The number of hydrogen-bond donors (Lipinski definition) is 0. The summed E-state index contributed by atoms with van der Waals surface area (Å²) in [5, 5.41) is -0.887. The lowest BCUT2D eigenvalue weighted by Gasteiger charge is -2.39. The van der Waals surface area contributed by atoms with Gasteiger partial charge < -0.3 is 14.4 Å². The summed E-state index contributed by atoms with van der Waals surface area (Å²) in [6.07, 6.45) is 1.40. The molecule has 0 aromatic heterocycles. The number of thioether (sulfide) groups is 1. The molecule has 186 valence electrons. The van der Waals surface area contributed by atoms with E-state index in [0.29, 0.717) is 45.6 Å². The van der Waals surface area contributed by atoms with Gasteiger partial charge in [-0.25, -0.2) is 0 Å². The number of amides is 1. The fraction of sp³-hybridized carbons (Fsp3) is 0.464. The van der Waals surface area contributed by atoms with Crippen molar-refractivity contribution in [2.45, 2.75) is 61.2 Å². The number of morpholine rings is 1. The molecule has 0 radical (unpaired) electrons. The highest BCUT2D eigenvalue weighted by Gasteiger charge is 2.48. The molecular weight excluding hydrogens is 462 g/mol. The average Bonchev–Trinajstić information content (AvgIpc) is 2.87. The molecule has 6 nitrogen and oxygen atoms in total. The van der Waals surface area contributed by atoms with Gasteiger partial charge in [0.2, 0.25) is 5.91 Å². The predicted molar refractivity (Wildman–Crippen MR) is 135 cm³/mol. The summed E-state index contributed by atoms with van der Waals surface area (Å²) in [6, 6.07) is 17.3. The molecule has 1 amide bonds. The Bertz CT molecular complexity index is 1030. The molecule has 2 heterocycles. The number of rotatable bonds is 8. The van der Waals surface area contributed by atoms with Crippen molar-refractivity contribution >= 4 is 29.4 Å². The molecule has 2 atom stereocenters. The van der Waals surface area contributed by atoms with Crippen LogP contribution < -0.4 is 0 Å². The maximum atomic E-state index is 13.4. The van der Waals surface area contributed by atoms with Gasteiger partial charge in [0.05, 0.1) is 19.6 Å². The maximum Gasteiger partial charge on any atom is 0.327 e. The summed E-state index contributed by atoms with van der Waals surface area (Å²) < 4.78 is 11.4. The summed E-state index contributed by atoms with van der Waals surface area (Å²) in [7, 11) is 0. The van der Waals surface area contributed by atoms with Gasteiger partial charge in [-0.2, -0.15) is 0 Å². The Kier molecular flexibility index (Phi) is 8.29. The van der Waals surface area contributed by atoms with E-state index in [1.165, 1.54) is 11.8 Å². The van der Waals surface area contributed by atoms with Gasteiger partial charge in [-0.3, -0.25) is 14.4 Å². The molecule has 0 N–H and O–H groups in total. The second-order valence-corrected chi connectivity index (χ2v) is 10.6. The number of hydrogen-bond acceptors (Lipinski definition) is 6. The minimum absolute atomic E-state index is 0.0729. The topological polar surface area (TPSA) is 72.9 Å². The Morgan fingerprint density at radius 1 is 1.06 bits per heavy atom. The summed E-state index contributed by atoms with van der Waals surface area (Å²) in [5.41, 5.74) is 0.862. The highest BCUT2D eigenvalue weighted by atomic mass is 32.2. The summed E-state index contributed by atoms with van der Waals surface area (Å²) in [4.78, 5) is 42.1. The Balaban J connectivity index is 1.49. The number of esters is 1. The smallest absolute Gasteiger partial charge is 0.327 e. The van der Waals surface area contributed by atoms with E-state index in [0.717, 1.165) is 16.0 Å². The van der Waals surface area contributed by atoms with Gasteiger partial charge >= 0.3 is 5.97 Å². The van der Waals surface area contributed by atoms with Gasteiger partial charge in [0.25, 0.3) is 0 Å². The zero-order valence-corrected chi connectivity index (χ0v) is 21.2. The van der Waals surface area contributed by atoms with E-state index in [2.05, 4.69) is 13.8 Å². The quantitative estimate of drug-likeness (QED) is 0.390. The normalized spacial score (nSPS) is 22.8. The van der Waals surface area contributed by atoms with Crippen molar-refractivity contribution in [1.82, 2.24) is 4.90 Å². The van der Waals surface area contributed by atoms with Crippen molar-refractivity contribution in [3.05, 3.63) is 65.7 Å². The molecule has 2 aliphatic heterocycles.